The summed E-state index contributed by atoms with van der Waals surface area (Å²) in [6.07, 6.45) is 0. The van der Waals surface area contributed by atoms with E-state index in [0.717, 1.165) is 33.2 Å². The molecule has 0 unspecified atom stereocenters. The van der Waals surface area contributed by atoms with Gasteiger partial charge < -0.3 is 10.1 Å². The van der Waals surface area contributed by atoms with Crippen LogP contribution >= 0.6 is 11.3 Å². The van der Waals surface area contributed by atoms with Crippen molar-refractivity contribution in [1.82, 2.24) is 9.63 Å². The molecule has 0 saturated carbocycles. The highest BCUT2D eigenvalue weighted by Crippen LogP contribution is 2.34. The van der Waals surface area contributed by atoms with Crippen molar-refractivity contribution < 1.29 is 5.21 Å². The molecular weight excluding hydrogens is 332 g/mol. The van der Waals surface area contributed by atoms with E-state index in [1.807, 2.05) is 37.7 Å². The second-order valence-electron chi connectivity index (χ2n) is 6.41. The predicted molar refractivity (Wildman–Crippen MR) is 104 cm³/mol. The van der Waals surface area contributed by atoms with Crippen LogP contribution in [0.15, 0.2) is 58.7 Å². The van der Waals surface area contributed by atoms with Gasteiger partial charge in [-0.15, -0.1) is 16.1 Å². The minimum absolute atomic E-state index is 0.365. The van der Waals surface area contributed by atoms with Crippen LogP contribution in [-0.4, -0.2) is 28.9 Å². The molecule has 2 aromatic carbocycles. The average Bonchev–Trinajstić information content (AvgIpc) is 3.09. The monoisotopic (exact) mass is 350 g/mol. The van der Waals surface area contributed by atoms with Crippen molar-refractivity contribution in [1.29, 1.82) is 0 Å². The van der Waals surface area contributed by atoms with Crippen molar-refractivity contribution in [3.05, 3.63) is 69.8 Å². The molecule has 0 fully saturated rings. The Morgan fingerprint density at radius 3 is 2.56 bits per heavy atom. The molecule has 4 rings (SSSR count). The lowest BCUT2D eigenvalue weighted by Crippen LogP contribution is -2.17. The predicted octanol–water partition coefficient (Wildman–Crippen LogP) is 4.18. The van der Waals surface area contributed by atoms with Crippen molar-refractivity contribution in [2.24, 2.45) is 0 Å². The highest BCUT2D eigenvalue weighted by atomic mass is 32.1. The van der Waals surface area contributed by atoms with Crippen LogP contribution in [0.1, 0.15) is 5.56 Å². The quantitative estimate of drug-likeness (QED) is 0.564. The van der Waals surface area contributed by atoms with Gasteiger partial charge in [0.1, 0.15) is 4.70 Å². The summed E-state index contributed by atoms with van der Waals surface area (Å²) >= 11 is 1.36. The normalized spacial score (nSPS) is 11.6. The first-order chi connectivity index (χ1) is 12.1. The Kier molecular flexibility index (Phi) is 3.82. The van der Waals surface area contributed by atoms with E-state index in [1.165, 1.54) is 16.9 Å². The van der Waals surface area contributed by atoms with Gasteiger partial charge in [0.2, 0.25) is 0 Å². The third-order valence-corrected chi connectivity index (χ3v) is 5.26. The zero-order valence-corrected chi connectivity index (χ0v) is 14.9. The number of aromatic nitrogens is 1. The summed E-state index contributed by atoms with van der Waals surface area (Å²) in [6.45, 7) is 0.890. The Labute approximate surface area is 149 Å². The fourth-order valence-corrected chi connectivity index (χ4v) is 4.10. The second kappa shape index (κ2) is 6.02. The summed E-state index contributed by atoms with van der Waals surface area (Å²) in [5.41, 5.74) is 3.50. The van der Waals surface area contributed by atoms with Crippen LogP contribution in [-0.2, 0) is 6.54 Å². The summed E-state index contributed by atoms with van der Waals surface area (Å²) in [4.78, 5) is 14.4. The summed E-state index contributed by atoms with van der Waals surface area (Å²) in [5.74, 6) is 0. The van der Waals surface area contributed by atoms with E-state index in [0.29, 0.717) is 10.2 Å². The first-order valence-electron chi connectivity index (χ1n) is 8.04. The summed E-state index contributed by atoms with van der Waals surface area (Å²) in [6, 6.07) is 16.1. The maximum Gasteiger partial charge on any atom is 0.301 e. The molecule has 25 heavy (non-hydrogen) atoms. The topological polar surface area (TPSA) is 45.5 Å². The molecule has 0 aliphatic rings. The van der Waals surface area contributed by atoms with Crippen LogP contribution in [0.2, 0.25) is 0 Å². The van der Waals surface area contributed by atoms with E-state index in [9.17, 15) is 10.0 Å². The Bertz CT molecular complexity index is 1120. The van der Waals surface area contributed by atoms with Crippen LogP contribution in [0, 0.1) is 0 Å². The van der Waals surface area contributed by atoms with Gasteiger partial charge in [0.25, 0.3) is 0 Å². The largest absolute Gasteiger partial charge is 0.425 e. The zero-order valence-electron chi connectivity index (χ0n) is 14.1. The van der Waals surface area contributed by atoms with Crippen LogP contribution in [0.25, 0.3) is 32.1 Å². The van der Waals surface area contributed by atoms with Gasteiger partial charge in [-0.3, -0.25) is 4.79 Å². The van der Waals surface area contributed by atoms with E-state index < -0.39 is 0 Å². The lowest BCUT2D eigenvalue weighted by atomic mass is 9.97. The highest BCUT2D eigenvalue weighted by molar-refractivity contribution is 7.17. The third kappa shape index (κ3) is 2.62. The molecule has 0 aliphatic carbocycles. The van der Waals surface area contributed by atoms with Gasteiger partial charge in [-0.25, -0.2) is 0 Å². The Morgan fingerprint density at radius 2 is 1.84 bits per heavy atom. The first kappa shape index (κ1) is 15.9. The van der Waals surface area contributed by atoms with E-state index in [2.05, 4.69) is 29.2 Å². The fraction of sp³-hybridized carbons (Fsp3) is 0.150. The molecule has 2 heterocycles. The van der Waals surface area contributed by atoms with Crippen LogP contribution in [0.3, 0.4) is 0 Å². The number of nitrogens with zero attached hydrogens (tertiary/aromatic N) is 2. The summed E-state index contributed by atoms with van der Waals surface area (Å²) in [7, 11) is 4.10. The van der Waals surface area contributed by atoms with Gasteiger partial charge in [0.05, 0.1) is 5.52 Å². The number of fused-ring (bicyclic) bond motifs is 3. The SMILES string of the molecule is CN(C)Cc1ccc(-c2cccc3c2c2ccsc2c(=O)n3O)cc1. The number of pyridine rings is 1. The van der Waals surface area contributed by atoms with Gasteiger partial charge in [0.15, 0.2) is 0 Å². The molecule has 4 nitrogen and oxygen atoms in total. The molecule has 4 aromatic rings. The molecule has 0 aliphatic heterocycles. The zero-order chi connectivity index (χ0) is 17.6. The highest BCUT2D eigenvalue weighted by Gasteiger charge is 2.15. The molecule has 0 saturated heterocycles. The number of hydrogen-bond donors (Lipinski definition) is 1. The Morgan fingerprint density at radius 1 is 1.08 bits per heavy atom. The smallest absolute Gasteiger partial charge is 0.301 e. The maximum absolute atomic E-state index is 12.3. The third-order valence-electron chi connectivity index (χ3n) is 4.36. The van der Waals surface area contributed by atoms with E-state index in [-0.39, 0.29) is 5.56 Å². The Balaban J connectivity index is 1.98. The number of rotatable bonds is 3. The van der Waals surface area contributed by atoms with Crippen LogP contribution in [0.4, 0.5) is 0 Å². The molecule has 0 atom stereocenters. The van der Waals surface area contributed by atoms with Gasteiger partial charge in [-0.1, -0.05) is 36.4 Å². The second-order valence-corrected chi connectivity index (χ2v) is 7.33. The first-order valence-corrected chi connectivity index (χ1v) is 8.92. The summed E-state index contributed by atoms with van der Waals surface area (Å²) < 4.78 is 1.34. The average molecular weight is 350 g/mol. The van der Waals surface area contributed by atoms with Crippen molar-refractivity contribution >= 4 is 32.3 Å². The minimum Gasteiger partial charge on any atom is -0.425 e. The van der Waals surface area contributed by atoms with Crippen molar-refractivity contribution in [2.45, 2.75) is 6.54 Å². The summed E-state index contributed by atoms with van der Waals surface area (Å²) in [5, 5.41) is 14.0. The fourth-order valence-electron chi connectivity index (χ4n) is 3.27. The molecular formula is C20H18N2O2S. The van der Waals surface area contributed by atoms with E-state index in [4.69, 9.17) is 0 Å². The molecule has 126 valence electrons. The van der Waals surface area contributed by atoms with Crippen LogP contribution in [0.5, 0.6) is 0 Å². The van der Waals surface area contributed by atoms with Gasteiger partial charge in [0, 0.05) is 17.3 Å². The molecule has 0 spiro atoms. The molecule has 0 amide bonds. The molecule has 5 heteroatoms. The number of thiophene rings is 1. The van der Waals surface area contributed by atoms with Crippen molar-refractivity contribution in [3.8, 4) is 11.1 Å². The lowest BCUT2D eigenvalue weighted by molar-refractivity contribution is 0.190. The maximum atomic E-state index is 12.3. The lowest BCUT2D eigenvalue weighted by Gasteiger charge is -2.12. The van der Waals surface area contributed by atoms with Crippen molar-refractivity contribution in [2.75, 3.05) is 14.1 Å². The van der Waals surface area contributed by atoms with E-state index >= 15 is 0 Å². The van der Waals surface area contributed by atoms with Crippen LogP contribution < -0.4 is 5.56 Å². The van der Waals surface area contributed by atoms with Gasteiger partial charge in [-0.05, 0) is 48.3 Å². The molecule has 1 N–H and O–H groups in total. The number of benzene rings is 2. The Hall–Kier alpha value is -2.63. The minimum atomic E-state index is -0.365. The number of hydrogen-bond acceptors (Lipinski definition) is 4. The van der Waals surface area contributed by atoms with Crippen molar-refractivity contribution in [3.63, 3.8) is 0 Å². The van der Waals surface area contributed by atoms with Gasteiger partial charge >= 0.3 is 5.56 Å². The molecule has 2 aromatic heterocycles. The standard InChI is InChI=1S/C20H18N2O2S/c1-21(2)12-13-6-8-14(9-7-13)15-4-3-5-17-18(15)16-10-11-25-19(16)20(23)22(17)24/h3-11,24H,12H2,1-2H3. The van der Waals surface area contributed by atoms with E-state index in [1.54, 1.807) is 6.07 Å². The molecule has 0 bridgehead atoms. The van der Waals surface area contributed by atoms with Gasteiger partial charge in [-0.2, -0.15) is 0 Å². The molecule has 0 radical (unpaired) electrons.